The van der Waals surface area contributed by atoms with Crippen molar-refractivity contribution in [2.75, 3.05) is 12.9 Å². The maximum Gasteiger partial charge on any atom is 0.306 e. The lowest BCUT2D eigenvalue weighted by Crippen LogP contribution is -2.18. The number of carbonyl (C=O) groups excluding carboxylic acids is 1. The quantitative estimate of drug-likeness (QED) is 0.745. The molecule has 5 heteroatoms. The van der Waals surface area contributed by atoms with Gasteiger partial charge in [-0.3, -0.25) is 9.00 Å². The number of ether oxygens (including phenoxy) is 1. The van der Waals surface area contributed by atoms with Crippen LogP contribution in [-0.2, 0) is 26.1 Å². The zero-order valence-corrected chi connectivity index (χ0v) is 13.3. The number of esters is 1. The molecule has 19 heavy (non-hydrogen) atoms. The van der Waals surface area contributed by atoms with Gasteiger partial charge < -0.3 is 4.74 Å². The van der Waals surface area contributed by atoms with E-state index >= 15 is 0 Å². The van der Waals surface area contributed by atoms with Crippen LogP contribution in [0.5, 0.6) is 0 Å². The summed E-state index contributed by atoms with van der Waals surface area (Å²) in [5, 5.41) is 0. The fourth-order valence-electron chi connectivity index (χ4n) is 2.11. The van der Waals surface area contributed by atoms with Gasteiger partial charge in [-0.2, -0.15) is 0 Å². The van der Waals surface area contributed by atoms with Gasteiger partial charge in [0.15, 0.2) is 0 Å². The minimum atomic E-state index is -0.944. The summed E-state index contributed by atoms with van der Waals surface area (Å²) >= 11 is 3.46. The van der Waals surface area contributed by atoms with Crippen LogP contribution in [0.3, 0.4) is 0 Å². The Morgan fingerprint density at radius 2 is 2.11 bits per heavy atom. The molecule has 1 aromatic rings. The van der Waals surface area contributed by atoms with E-state index in [0.717, 1.165) is 22.9 Å². The summed E-state index contributed by atoms with van der Waals surface area (Å²) in [5.41, 5.74) is 0.980. The van der Waals surface area contributed by atoms with E-state index in [-0.39, 0.29) is 11.4 Å². The van der Waals surface area contributed by atoms with E-state index in [4.69, 9.17) is 4.74 Å². The van der Waals surface area contributed by atoms with E-state index in [9.17, 15) is 9.00 Å². The fourth-order valence-corrected chi connectivity index (χ4v) is 4.49. The van der Waals surface area contributed by atoms with Crippen molar-refractivity contribution in [1.82, 2.24) is 0 Å². The van der Waals surface area contributed by atoms with Crippen LogP contribution in [0.1, 0.15) is 24.8 Å². The molecule has 0 bridgehead atoms. The Balaban J connectivity index is 1.92. The Kier molecular flexibility index (Phi) is 4.79. The molecule has 0 N–H and O–H groups in total. The fraction of sp³-hybridized carbons (Fsp3) is 0.500. The largest absolute Gasteiger partial charge is 0.469 e. The molecule has 0 aromatic heterocycles. The number of rotatable bonds is 6. The van der Waals surface area contributed by atoms with Crippen molar-refractivity contribution in [3.63, 3.8) is 0 Å². The molecular formula is C14H17BrO3S. The molecule has 1 saturated carbocycles. The SMILES string of the molecule is COC(=O)CC1(CS(=O)Cc2ccccc2Br)CC1. The maximum absolute atomic E-state index is 12.2. The van der Waals surface area contributed by atoms with Crippen LogP contribution < -0.4 is 0 Å². The molecule has 0 radical (unpaired) electrons. The predicted octanol–water partition coefficient (Wildman–Crippen LogP) is 3.04. The second-order valence-corrected chi connectivity index (χ2v) is 7.38. The third-order valence-electron chi connectivity index (χ3n) is 3.45. The first kappa shape index (κ1) is 14.7. The monoisotopic (exact) mass is 344 g/mol. The van der Waals surface area contributed by atoms with E-state index in [1.54, 1.807) is 0 Å². The lowest BCUT2D eigenvalue weighted by molar-refractivity contribution is -0.141. The molecule has 1 unspecified atom stereocenters. The van der Waals surface area contributed by atoms with Gasteiger partial charge in [-0.15, -0.1) is 0 Å². The highest BCUT2D eigenvalue weighted by Gasteiger charge is 2.45. The molecule has 0 saturated heterocycles. The summed E-state index contributed by atoms with van der Waals surface area (Å²) in [6, 6.07) is 7.81. The zero-order chi connectivity index (χ0) is 13.9. The second kappa shape index (κ2) is 6.18. The van der Waals surface area contributed by atoms with Crippen LogP contribution in [0.4, 0.5) is 0 Å². The Morgan fingerprint density at radius 1 is 1.42 bits per heavy atom. The summed E-state index contributed by atoms with van der Waals surface area (Å²) in [4.78, 5) is 11.3. The molecule has 1 aliphatic carbocycles. The number of benzene rings is 1. The van der Waals surface area contributed by atoms with Crippen LogP contribution in [0.25, 0.3) is 0 Å². The third kappa shape index (κ3) is 4.14. The molecule has 1 fully saturated rings. The van der Waals surface area contributed by atoms with Crippen molar-refractivity contribution in [2.24, 2.45) is 5.41 Å². The van der Waals surface area contributed by atoms with Crippen LogP contribution in [0, 0.1) is 5.41 Å². The zero-order valence-electron chi connectivity index (χ0n) is 10.9. The van der Waals surface area contributed by atoms with E-state index < -0.39 is 10.8 Å². The number of hydrogen-bond donors (Lipinski definition) is 0. The number of hydrogen-bond acceptors (Lipinski definition) is 3. The topological polar surface area (TPSA) is 43.4 Å². The van der Waals surface area contributed by atoms with Crippen LogP contribution in [0.15, 0.2) is 28.7 Å². The smallest absolute Gasteiger partial charge is 0.306 e. The van der Waals surface area contributed by atoms with Gasteiger partial charge in [0.2, 0.25) is 0 Å². The van der Waals surface area contributed by atoms with Crippen molar-refractivity contribution < 1.29 is 13.7 Å². The van der Waals surface area contributed by atoms with Crippen molar-refractivity contribution in [3.8, 4) is 0 Å². The summed E-state index contributed by atoms with van der Waals surface area (Å²) in [7, 11) is 0.455. The highest BCUT2D eigenvalue weighted by atomic mass is 79.9. The molecule has 1 aromatic carbocycles. The van der Waals surface area contributed by atoms with Gasteiger partial charge in [0, 0.05) is 26.8 Å². The van der Waals surface area contributed by atoms with E-state index in [1.807, 2.05) is 24.3 Å². The van der Waals surface area contributed by atoms with Gasteiger partial charge in [-0.1, -0.05) is 34.1 Å². The lowest BCUT2D eigenvalue weighted by Gasteiger charge is -2.13. The van der Waals surface area contributed by atoms with Gasteiger partial charge in [0.25, 0.3) is 0 Å². The second-order valence-electron chi connectivity index (χ2n) is 5.07. The van der Waals surface area contributed by atoms with E-state index in [1.165, 1.54) is 7.11 Å². The standard InChI is InChI=1S/C14H17BrO3S/c1-18-13(16)8-14(6-7-14)10-19(17)9-11-4-2-3-5-12(11)15/h2-5H,6-10H2,1H3. The highest BCUT2D eigenvalue weighted by Crippen LogP contribution is 2.49. The lowest BCUT2D eigenvalue weighted by atomic mass is 10.1. The molecule has 1 atom stereocenters. The van der Waals surface area contributed by atoms with Crippen LogP contribution in [0.2, 0.25) is 0 Å². The minimum absolute atomic E-state index is 0.0702. The number of halogens is 1. The van der Waals surface area contributed by atoms with Crippen molar-refractivity contribution in [1.29, 1.82) is 0 Å². The maximum atomic E-state index is 12.2. The van der Waals surface area contributed by atoms with Crippen molar-refractivity contribution in [2.45, 2.75) is 25.0 Å². The molecule has 3 nitrogen and oxygen atoms in total. The Labute approximate surface area is 124 Å². The van der Waals surface area contributed by atoms with Gasteiger partial charge in [-0.25, -0.2) is 0 Å². The third-order valence-corrected chi connectivity index (χ3v) is 5.79. The summed E-state index contributed by atoms with van der Waals surface area (Å²) < 4.78 is 17.9. The average molecular weight is 345 g/mol. The molecule has 0 amide bonds. The van der Waals surface area contributed by atoms with Crippen molar-refractivity contribution in [3.05, 3.63) is 34.3 Å². The van der Waals surface area contributed by atoms with Gasteiger partial charge in [-0.05, 0) is 29.9 Å². The van der Waals surface area contributed by atoms with Gasteiger partial charge in [0.1, 0.15) is 0 Å². The molecule has 2 rings (SSSR count). The van der Waals surface area contributed by atoms with E-state index in [2.05, 4.69) is 15.9 Å². The number of carbonyl (C=O) groups is 1. The summed E-state index contributed by atoms with van der Waals surface area (Å²) in [5.74, 6) is 0.920. The molecule has 0 spiro atoms. The minimum Gasteiger partial charge on any atom is -0.469 e. The first-order valence-electron chi connectivity index (χ1n) is 6.20. The number of methoxy groups -OCH3 is 1. The predicted molar refractivity (Wildman–Crippen MR) is 79.2 cm³/mol. The Bertz CT molecular complexity index is 497. The first-order valence-corrected chi connectivity index (χ1v) is 8.48. The summed E-state index contributed by atoms with van der Waals surface area (Å²) in [6.45, 7) is 0. The Hall–Kier alpha value is -0.680. The van der Waals surface area contributed by atoms with Crippen LogP contribution >= 0.6 is 15.9 Å². The van der Waals surface area contributed by atoms with Crippen molar-refractivity contribution >= 4 is 32.7 Å². The molecule has 0 aliphatic heterocycles. The molecule has 104 valence electrons. The molecule has 0 heterocycles. The summed E-state index contributed by atoms with van der Waals surface area (Å²) in [6.07, 6.45) is 2.35. The Morgan fingerprint density at radius 3 is 2.68 bits per heavy atom. The van der Waals surface area contributed by atoms with Gasteiger partial charge >= 0.3 is 5.97 Å². The van der Waals surface area contributed by atoms with Gasteiger partial charge in [0.05, 0.1) is 13.5 Å². The highest BCUT2D eigenvalue weighted by molar-refractivity contribution is 9.10. The molecular weight excluding hydrogens is 328 g/mol. The average Bonchev–Trinajstić information content (AvgIpc) is 3.11. The first-order chi connectivity index (χ1) is 9.04. The molecule has 1 aliphatic rings. The van der Waals surface area contributed by atoms with E-state index in [0.29, 0.717) is 17.9 Å². The van der Waals surface area contributed by atoms with Crippen LogP contribution in [-0.4, -0.2) is 23.0 Å². The normalized spacial score (nSPS) is 17.8.